The van der Waals surface area contributed by atoms with Crippen molar-refractivity contribution in [1.29, 1.82) is 0 Å². The van der Waals surface area contributed by atoms with E-state index in [1.165, 1.54) is 23.8 Å². The summed E-state index contributed by atoms with van der Waals surface area (Å²) in [5, 5.41) is 5.02. The number of halogens is 1. The van der Waals surface area contributed by atoms with Crippen LogP contribution in [0.15, 0.2) is 24.3 Å². The molecule has 1 aliphatic rings. The predicted octanol–water partition coefficient (Wildman–Crippen LogP) is -0.142. The molecule has 130 valence electrons. The predicted molar refractivity (Wildman–Crippen MR) is 91.8 cm³/mol. The van der Waals surface area contributed by atoms with Gasteiger partial charge in [0.05, 0.1) is 44.1 Å². The van der Waals surface area contributed by atoms with Crippen LogP contribution in [-0.2, 0) is 0 Å². The molecule has 0 unspecified atom stereocenters. The van der Waals surface area contributed by atoms with E-state index in [9.17, 15) is 4.39 Å². The van der Waals surface area contributed by atoms with Crippen LogP contribution in [0.5, 0.6) is 0 Å². The summed E-state index contributed by atoms with van der Waals surface area (Å²) < 4.78 is 13.6. The van der Waals surface area contributed by atoms with Gasteiger partial charge in [0.15, 0.2) is 6.04 Å². The van der Waals surface area contributed by atoms with Gasteiger partial charge in [-0.25, -0.2) is 4.39 Å². The van der Waals surface area contributed by atoms with Crippen molar-refractivity contribution in [3.05, 3.63) is 35.6 Å². The van der Waals surface area contributed by atoms with Gasteiger partial charge in [-0.2, -0.15) is 0 Å². The molecular weight excluding hydrogens is 289 g/mol. The van der Waals surface area contributed by atoms with Crippen LogP contribution < -0.4 is 15.5 Å². The fourth-order valence-electron chi connectivity index (χ4n) is 4.52. The topological polar surface area (TPSA) is 37.7 Å². The third-order valence-corrected chi connectivity index (χ3v) is 5.01. The third-order valence-electron chi connectivity index (χ3n) is 5.01. The van der Waals surface area contributed by atoms with Gasteiger partial charge in [0.2, 0.25) is 0 Å². The van der Waals surface area contributed by atoms with E-state index in [0.717, 1.165) is 12.1 Å². The zero-order chi connectivity index (χ0) is 17.3. The van der Waals surface area contributed by atoms with Gasteiger partial charge in [-0.05, 0) is 39.8 Å². The Morgan fingerprint density at radius 1 is 1.22 bits per heavy atom. The van der Waals surface area contributed by atoms with E-state index in [-0.39, 0.29) is 5.82 Å². The quantitative estimate of drug-likeness (QED) is 0.674. The van der Waals surface area contributed by atoms with Crippen molar-refractivity contribution < 1.29 is 19.9 Å². The number of benzene rings is 1. The number of nitrogens with two attached hydrogens (primary N) is 2. The van der Waals surface area contributed by atoms with Crippen LogP contribution in [0.25, 0.3) is 0 Å². The highest BCUT2D eigenvalue weighted by molar-refractivity contribution is 5.18. The molecule has 5 N–H and O–H groups in total. The Morgan fingerprint density at radius 3 is 2.35 bits per heavy atom. The van der Waals surface area contributed by atoms with Crippen LogP contribution in [0.3, 0.4) is 0 Å². The van der Waals surface area contributed by atoms with Gasteiger partial charge in [0.25, 0.3) is 0 Å². The van der Waals surface area contributed by atoms with Crippen molar-refractivity contribution in [3.8, 4) is 0 Å². The molecule has 0 aromatic heterocycles. The summed E-state index contributed by atoms with van der Waals surface area (Å²) in [7, 11) is 4.32. The summed E-state index contributed by atoms with van der Waals surface area (Å²) in [6.45, 7) is 10.4. The monoisotopic (exact) mass is 324 g/mol. The second-order valence-corrected chi connectivity index (χ2v) is 8.95. The number of rotatable bonds is 5. The minimum absolute atomic E-state index is 0.136. The molecule has 0 aliphatic carbocycles. The second-order valence-electron chi connectivity index (χ2n) is 8.95. The van der Waals surface area contributed by atoms with Gasteiger partial charge in [-0.15, -0.1) is 0 Å². The average molecular weight is 325 g/mol. The van der Waals surface area contributed by atoms with Crippen LogP contribution in [0.4, 0.5) is 4.39 Å². The Kier molecular flexibility index (Phi) is 5.49. The fraction of sp³-hybridized carbons (Fsp3) is 0.684. The van der Waals surface area contributed by atoms with Crippen LogP contribution >= 0.6 is 0 Å². The molecule has 1 fully saturated rings. The summed E-state index contributed by atoms with van der Waals surface area (Å²) in [4.78, 5) is 1.35. The number of likely N-dealkylation sites (N-methyl/N-ethyl adjacent to an activating group) is 1. The Bertz CT molecular complexity index is 509. The Balaban J connectivity index is 2.04. The van der Waals surface area contributed by atoms with Crippen LogP contribution in [0.2, 0.25) is 0 Å². The van der Waals surface area contributed by atoms with Gasteiger partial charge >= 0.3 is 0 Å². The van der Waals surface area contributed by atoms with Crippen molar-refractivity contribution in [1.82, 2.24) is 0 Å². The highest BCUT2D eigenvalue weighted by Gasteiger charge is 2.43. The van der Waals surface area contributed by atoms with Crippen molar-refractivity contribution in [2.45, 2.75) is 63.7 Å². The lowest BCUT2D eigenvalue weighted by molar-refractivity contribution is -0.913. The summed E-state index contributed by atoms with van der Waals surface area (Å²) in [6, 6.07) is 8.05. The lowest BCUT2D eigenvalue weighted by Crippen LogP contribution is -3.12. The molecule has 3 nitrogen and oxygen atoms in total. The molecule has 2 rings (SSSR count). The summed E-state index contributed by atoms with van der Waals surface area (Å²) in [5.74, 6) is -0.136. The second kappa shape index (κ2) is 6.88. The molecule has 0 spiro atoms. The molecule has 1 aliphatic heterocycles. The molecule has 4 heteroatoms. The highest BCUT2D eigenvalue weighted by Crippen LogP contribution is 2.19. The molecule has 0 bridgehead atoms. The van der Waals surface area contributed by atoms with Crippen molar-refractivity contribution >= 4 is 0 Å². The van der Waals surface area contributed by atoms with E-state index >= 15 is 0 Å². The minimum Gasteiger partial charge on any atom is -0.338 e. The van der Waals surface area contributed by atoms with Gasteiger partial charge in [0, 0.05) is 5.56 Å². The van der Waals surface area contributed by atoms with Gasteiger partial charge < -0.3 is 15.5 Å². The number of hydrogen-bond acceptors (Lipinski definition) is 0. The maximum Gasteiger partial charge on any atom is 0.162 e. The van der Waals surface area contributed by atoms with E-state index in [0.29, 0.717) is 23.2 Å². The molecule has 0 saturated carbocycles. The minimum atomic E-state index is -0.136. The highest BCUT2D eigenvalue weighted by atomic mass is 19.1. The standard InChI is InChI=1S/C19H32FN3/c1-18(2)11-16(12-19(3,4)22-18)21-13-17(23(5)6)14-8-7-9-15(20)10-14/h7-10,16-17,21-22H,11-13H2,1-6H3/p+3/t17-/m1/s1. The smallest absolute Gasteiger partial charge is 0.162 e. The first-order chi connectivity index (χ1) is 10.6. The van der Waals surface area contributed by atoms with E-state index in [4.69, 9.17) is 0 Å². The molecular formula is C19H35FN3+3. The number of nitrogens with one attached hydrogen (secondary N) is 1. The van der Waals surface area contributed by atoms with Crippen LogP contribution in [0.1, 0.15) is 52.1 Å². The number of hydrogen-bond donors (Lipinski definition) is 3. The first-order valence-electron chi connectivity index (χ1n) is 8.84. The lowest BCUT2D eigenvalue weighted by atomic mass is 9.79. The zero-order valence-corrected chi connectivity index (χ0v) is 15.6. The van der Waals surface area contributed by atoms with E-state index in [2.05, 4.69) is 58.5 Å². The summed E-state index contributed by atoms with van der Waals surface area (Å²) in [6.07, 6.45) is 2.43. The maximum atomic E-state index is 13.6. The van der Waals surface area contributed by atoms with Gasteiger partial charge in [0.1, 0.15) is 12.4 Å². The van der Waals surface area contributed by atoms with E-state index in [1.807, 2.05) is 6.07 Å². The van der Waals surface area contributed by atoms with Crippen LogP contribution in [-0.4, -0.2) is 37.8 Å². The SMILES string of the molecule is C[NH+](C)[C@H](C[NH2+]C1CC(C)(C)[NH2+]C(C)(C)C1)c1cccc(F)c1. The molecule has 1 aromatic rings. The van der Waals surface area contributed by atoms with Crippen LogP contribution in [0, 0.1) is 5.82 Å². The van der Waals surface area contributed by atoms with E-state index < -0.39 is 0 Å². The Labute approximate surface area is 140 Å². The van der Waals surface area contributed by atoms with Crippen molar-refractivity contribution in [2.75, 3.05) is 20.6 Å². The molecule has 0 radical (unpaired) electrons. The molecule has 1 aromatic carbocycles. The van der Waals surface area contributed by atoms with Gasteiger partial charge in [-0.1, -0.05) is 12.1 Å². The van der Waals surface area contributed by atoms with Gasteiger partial charge in [-0.3, -0.25) is 0 Å². The molecule has 23 heavy (non-hydrogen) atoms. The zero-order valence-electron chi connectivity index (χ0n) is 15.6. The van der Waals surface area contributed by atoms with E-state index in [1.54, 1.807) is 6.07 Å². The lowest BCUT2D eigenvalue weighted by Gasteiger charge is -2.41. The first-order valence-corrected chi connectivity index (χ1v) is 8.84. The third kappa shape index (κ3) is 5.27. The molecule has 0 amide bonds. The Morgan fingerprint density at radius 2 is 1.83 bits per heavy atom. The summed E-state index contributed by atoms with van der Waals surface area (Å²) >= 11 is 0. The number of piperidine rings is 1. The Hall–Kier alpha value is -0.970. The van der Waals surface area contributed by atoms with Crippen molar-refractivity contribution in [3.63, 3.8) is 0 Å². The molecule has 1 saturated heterocycles. The molecule has 1 atom stereocenters. The number of quaternary nitrogens is 3. The van der Waals surface area contributed by atoms with Crippen molar-refractivity contribution in [2.24, 2.45) is 0 Å². The first kappa shape index (κ1) is 18.4. The normalized spacial score (nSPS) is 22.3. The maximum absolute atomic E-state index is 13.6. The average Bonchev–Trinajstić information content (AvgIpc) is 2.34. The fourth-order valence-corrected chi connectivity index (χ4v) is 4.52. The summed E-state index contributed by atoms with van der Waals surface area (Å²) in [5.41, 5.74) is 1.69. The largest absolute Gasteiger partial charge is 0.338 e. The molecule has 1 heterocycles.